The summed E-state index contributed by atoms with van der Waals surface area (Å²) in [6.07, 6.45) is 3.73. The molecule has 0 bridgehead atoms. The standard InChI is InChI=1S/C14H18N2O4/c17-12-5-1-3-7-16(12)8-4-2-6-15-13(18)10-9-11(10)14(19)20/h1,3,5,7,10-11H,2,4,6,8-9H2,(H,15,18)(H,19,20)/t10-,11-/m0/s1. The summed E-state index contributed by atoms with van der Waals surface area (Å²) in [5, 5.41) is 11.5. The van der Waals surface area contributed by atoms with Crippen LogP contribution in [0.5, 0.6) is 0 Å². The number of hydrogen-bond acceptors (Lipinski definition) is 3. The van der Waals surface area contributed by atoms with Crippen molar-refractivity contribution >= 4 is 11.9 Å². The lowest BCUT2D eigenvalue weighted by atomic mass is 10.2. The van der Waals surface area contributed by atoms with E-state index in [1.807, 2.05) is 6.07 Å². The van der Waals surface area contributed by atoms with Crippen LogP contribution in [0.1, 0.15) is 19.3 Å². The molecular formula is C14H18N2O4. The molecule has 108 valence electrons. The number of nitrogens with zero attached hydrogens (tertiary/aromatic N) is 1. The van der Waals surface area contributed by atoms with Crippen LogP contribution >= 0.6 is 0 Å². The Morgan fingerprint density at radius 3 is 2.75 bits per heavy atom. The maximum atomic E-state index is 11.6. The number of unbranched alkanes of at least 4 members (excludes halogenated alkanes) is 1. The molecule has 0 unspecified atom stereocenters. The third-order valence-electron chi connectivity index (χ3n) is 3.47. The third-order valence-corrected chi connectivity index (χ3v) is 3.47. The first-order valence-corrected chi connectivity index (χ1v) is 6.75. The number of aryl methyl sites for hydroxylation is 1. The van der Waals surface area contributed by atoms with E-state index in [4.69, 9.17) is 5.11 Å². The SMILES string of the molecule is O=C(O)[C@H]1C[C@@H]1C(=O)NCCCCn1ccccc1=O. The number of amides is 1. The average molecular weight is 278 g/mol. The monoisotopic (exact) mass is 278 g/mol. The molecule has 0 radical (unpaired) electrons. The number of carbonyl (C=O) groups excluding carboxylic acids is 1. The van der Waals surface area contributed by atoms with Crippen molar-refractivity contribution < 1.29 is 14.7 Å². The second kappa shape index (κ2) is 6.36. The van der Waals surface area contributed by atoms with E-state index in [1.54, 1.807) is 16.8 Å². The quantitative estimate of drug-likeness (QED) is 0.709. The number of rotatable bonds is 7. The molecule has 1 heterocycles. The van der Waals surface area contributed by atoms with Gasteiger partial charge in [0.1, 0.15) is 0 Å². The summed E-state index contributed by atoms with van der Waals surface area (Å²) < 4.78 is 1.63. The maximum absolute atomic E-state index is 11.6. The first-order valence-electron chi connectivity index (χ1n) is 6.75. The van der Waals surface area contributed by atoms with Crippen molar-refractivity contribution in [3.63, 3.8) is 0 Å². The number of nitrogens with one attached hydrogen (secondary N) is 1. The Kier molecular flexibility index (Phi) is 4.55. The highest BCUT2D eigenvalue weighted by Gasteiger charge is 2.48. The van der Waals surface area contributed by atoms with Crippen LogP contribution in [0.15, 0.2) is 29.2 Å². The topological polar surface area (TPSA) is 88.4 Å². The molecule has 2 N–H and O–H groups in total. The molecule has 0 aliphatic heterocycles. The summed E-state index contributed by atoms with van der Waals surface area (Å²) in [4.78, 5) is 33.6. The van der Waals surface area contributed by atoms with Crippen molar-refractivity contribution in [2.75, 3.05) is 6.54 Å². The van der Waals surface area contributed by atoms with Crippen molar-refractivity contribution in [3.05, 3.63) is 34.7 Å². The molecule has 0 saturated heterocycles. The first kappa shape index (κ1) is 14.3. The first-order chi connectivity index (χ1) is 9.59. The molecule has 1 saturated carbocycles. The van der Waals surface area contributed by atoms with Gasteiger partial charge in [-0.3, -0.25) is 14.4 Å². The van der Waals surface area contributed by atoms with Crippen LogP contribution in [0, 0.1) is 11.8 Å². The molecule has 1 aromatic rings. The highest BCUT2D eigenvalue weighted by Crippen LogP contribution is 2.38. The van der Waals surface area contributed by atoms with Gasteiger partial charge in [0.2, 0.25) is 11.5 Å². The van der Waals surface area contributed by atoms with Gasteiger partial charge in [0.15, 0.2) is 0 Å². The highest BCUT2D eigenvalue weighted by molar-refractivity contribution is 5.89. The summed E-state index contributed by atoms with van der Waals surface area (Å²) in [5.41, 5.74) is -0.0289. The van der Waals surface area contributed by atoms with Crippen LogP contribution in [0.2, 0.25) is 0 Å². The predicted octanol–water partition coefficient (Wildman–Crippen LogP) is 0.465. The molecular weight excluding hydrogens is 260 g/mol. The minimum atomic E-state index is -0.895. The van der Waals surface area contributed by atoms with E-state index in [0.717, 1.165) is 12.8 Å². The van der Waals surface area contributed by atoms with Crippen molar-refractivity contribution in [2.24, 2.45) is 11.8 Å². The van der Waals surface area contributed by atoms with Crippen LogP contribution in [0.4, 0.5) is 0 Å². The molecule has 1 aliphatic carbocycles. The zero-order valence-electron chi connectivity index (χ0n) is 11.1. The molecule has 20 heavy (non-hydrogen) atoms. The minimum absolute atomic E-state index is 0.0289. The minimum Gasteiger partial charge on any atom is -0.481 e. The van der Waals surface area contributed by atoms with Gasteiger partial charge >= 0.3 is 5.97 Å². The number of pyridine rings is 1. The van der Waals surface area contributed by atoms with Crippen LogP contribution in [0.25, 0.3) is 0 Å². The molecule has 1 fully saturated rings. The zero-order valence-corrected chi connectivity index (χ0v) is 11.1. The summed E-state index contributed by atoms with van der Waals surface area (Å²) in [7, 11) is 0. The highest BCUT2D eigenvalue weighted by atomic mass is 16.4. The Hall–Kier alpha value is -2.11. The normalized spacial score (nSPS) is 20.4. The van der Waals surface area contributed by atoms with Gasteiger partial charge in [-0.25, -0.2) is 0 Å². The van der Waals surface area contributed by atoms with E-state index in [-0.39, 0.29) is 17.4 Å². The Balaban J connectivity index is 1.61. The third kappa shape index (κ3) is 3.69. The van der Waals surface area contributed by atoms with Crippen LogP contribution < -0.4 is 10.9 Å². The lowest BCUT2D eigenvalue weighted by Gasteiger charge is -2.06. The lowest BCUT2D eigenvalue weighted by Crippen LogP contribution is -2.27. The second-order valence-electron chi connectivity index (χ2n) is 5.02. The fourth-order valence-electron chi connectivity index (χ4n) is 2.15. The van der Waals surface area contributed by atoms with E-state index in [1.165, 1.54) is 6.07 Å². The number of carbonyl (C=O) groups is 2. The Morgan fingerprint density at radius 1 is 1.30 bits per heavy atom. The lowest BCUT2D eigenvalue weighted by molar-refractivity contribution is -0.140. The molecule has 1 aliphatic rings. The molecule has 2 rings (SSSR count). The number of aromatic nitrogens is 1. The van der Waals surface area contributed by atoms with E-state index in [9.17, 15) is 14.4 Å². The number of carboxylic acid groups (broad SMARTS) is 1. The Bertz CT molecular complexity index is 552. The van der Waals surface area contributed by atoms with Crippen molar-refractivity contribution in [2.45, 2.75) is 25.8 Å². The van der Waals surface area contributed by atoms with Gasteiger partial charge in [0, 0.05) is 25.4 Å². The number of carboxylic acids is 1. The summed E-state index contributed by atoms with van der Waals surface area (Å²) in [5.74, 6) is -1.93. The maximum Gasteiger partial charge on any atom is 0.307 e. The molecule has 6 heteroatoms. The largest absolute Gasteiger partial charge is 0.481 e. The van der Waals surface area contributed by atoms with E-state index < -0.39 is 11.9 Å². The number of hydrogen-bond donors (Lipinski definition) is 2. The van der Waals surface area contributed by atoms with Crippen molar-refractivity contribution in [1.82, 2.24) is 9.88 Å². The van der Waals surface area contributed by atoms with Crippen LogP contribution in [0.3, 0.4) is 0 Å². The fourth-order valence-corrected chi connectivity index (χ4v) is 2.15. The van der Waals surface area contributed by atoms with Gasteiger partial charge < -0.3 is 15.0 Å². The smallest absolute Gasteiger partial charge is 0.307 e. The van der Waals surface area contributed by atoms with Gasteiger partial charge in [-0.1, -0.05) is 6.07 Å². The average Bonchev–Trinajstić information content (AvgIpc) is 3.20. The molecule has 1 amide bonds. The van der Waals surface area contributed by atoms with Crippen molar-refractivity contribution in [1.29, 1.82) is 0 Å². The van der Waals surface area contributed by atoms with Gasteiger partial charge in [0.05, 0.1) is 11.8 Å². The van der Waals surface area contributed by atoms with Crippen molar-refractivity contribution in [3.8, 4) is 0 Å². The molecule has 2 atom stereocenters. The summed E-state index contributed by atoms with van der Waals surface area (Å²) >= 11 is 0. The molecule has 6 nitrogen and oxygen atoms in total. The molecule has 0 aromatic carbocycles. The van der Waals surface area contributed by atoms with Crippen LogP contribution in [-0.4, -0.2) is 28.1 Å². The van der Waals surface area contributed by atoms with E-state index in [2.05, 4.69) is 5.32 Å². The zero-order chi connectivity index (χ0) is 14.5. The Morgan fingerprint density at radius 2 is 2.10 bits per heavy atom. The Labute approximate surface area is 116 Å². The summed E-state index contributed by atoms with van der Waals surface area (Å²) in [6, 6.07) is 5.02. The number of aliphatic carboxylic acids is 1. The second-order valence-corrected chi connectivity index (χ2v) is 5.02. The van der Waals surface area contributed by atoms with Gasteiger partial charge in [-0.05, 0) is 25.3 Å². The summed E-state index contributed by atoms with van der Waals surface area (Å²) in [6.45, 7) is 1.14. The van der Waals surface area contributed by atoms with Gasteiger partial charge in [0.25, 0.3) is 0 Å². The molecule has 1 aromatic heterocycles. The molecule has 0 spiro atoms. The van der Waals surface area contributed by atoms with E-state index in [0.29, 0.717) is 19.5 Å². The van der Waals surface area contributed by atoms with Crippen LogP contribution in [-0.2, 0) is 16.1 Å². The predicted molar refractivity (Wildman–Crippen MR) is 72.2 cm³/mol. The van der Waals surface area contributed by atoms with E-state index >= 15 is 0 Å². The fraction of sp³-hybridized carbons (Fsp3) is 0.500. The van der Waals surface area contributed by atoms with Gasteiger partial charge in [-0.15, -0.1) is 0 Å². The van der Waals surface area contributed by atoms with Gasteiger partial charge in [-0.2, -0.15) is 0 Å².